The zero-order valence-electron chi connectivity index (χ0n) is 7.19. The summed E-state index contributed by atoms with van der Waals surface area (Å²) < 4.78 is 40.6. The SMILES string of the molecule is CCOC(=O)C(Br)[C@@H](C)C(F)(F)F. The molecule has 0 radical (unpaired) electrons. The zero-order valence-corrected chi connectivity index (χ0v) is 8.78. The Morgan fingerprint density at radius 3 is 2.31 bits per heavy atom. The van der Waals surface area contributed by atoms with Crippen LogP contribution in [0.15, 0.2) is 0 Å². The van der Waals surface area contributed by atoms with Crippen LogP contribution in [0.25, 0.3) is 0 Å². The molecule has 0 aromatic carbocycles. The van der Waals surface area contributed by atoms with E-state index in [1.807, 2.05) is 0 Å². The van der Waals surface area contributed by atoms with E-state index in [9.17, 15) is 18.0 Å². The van der Waals surface area contributed by atoms with Gasteiger partial charge in [0.15, 0.2) is 0 Å². The lowest BCUT2D eigenvalue weighted by Gasteiger charge is -2.19. The van der Waals surface area contributed by atoms with E-state index < -0.39 is 22.9 Å². The molecule has 0 aliphatic carbocycles. The molecule has 0 N–H and O–H groups in total. The maximum atomic E-state index is 12.1. The van der Waals surface area contributed by atoms with Crippen LogP contribution in [-0.4, -0.2) is 23.6 Å². The summed E-state index contributed by atoms with van der Waals surface area (Å²) in [7, 11) is 0. The molecule has 2 nitrogen and oxygen atoms in total. The van der Waals surface area contributed by atoms with Crippen molar-refractivity contribution >= 4 is 21.9 Å². The summed E-state index contributed by atoms with van der Waals surface area (Å²) in [6.45, 7) is 2.54. The van der Waals surface area contributed by atoms with E-state index in [1.165, 1.54) is 6.92 Å². The van der Waals surface area contributed by atoms with Gasteiger partial charge in [0.25, 0.3) is 0 Å². The Kier molecular flexibility index (Phi) is 4.74. The highest BCUT2D eigenvalue weighted by Crippen LogP contribution is 2.32. The second kappa shape index (κ2) is 4.83. The summed E-state index contributed by atoms with van der Waals surface area (Å²) in [4.78, 5) is 9.54. The lowest BCUT2D eigenvalue weighted by molar-refractivity contribution is -0.177. The molecule has 0 aromatic heterocycles. The van der Waals surface area contributed by atoms with E-state index in [2.05, 4.69) is 20.7 Å². The van der Waals surface area contributed by atoms with Crippen molar-refractivity contribution in [3.05, 3.63) is 0 Å². The molecular formula is C7H10BrF3O2. The number of halogens is 4. The minimum Gasteiger partial charge on any atom is -0.465 e. The van der Waals surface area contributed by atoms with Crippen molar-refractivity contribution in [2.75, 3.05) is 6.61 Å². The fourth-order valence-corrected chi connectivity index (χ4v) is 1.02. The van der Waals surface area contributed by atoms with Gasteiger partial charge in [-0.2, -0.15) is 13.2 Å². The quantitative estimate of drug-likeness (QED) is 0.577. The maximum absolute atomic E-state index is 12.1. The number of carbonyl (C=O) groups is 1. The van der Waals surface area contributed by atoms with E-state index >= 15 is 0 Å². The molecule has 0 saturated heterocycles. The molecule has 78 valence electrons. The number of esters is 1. The molecule has 0 amide bonds. The highest BCUT2D eigenvalue weighted by atomic mass is 79.9. The molecule has 0 aromatic rings. The van der Waals surface area contributed by atoms with E-state index in [-0.39, 0.29) is 6.61 Å². The Labute approximate surface area is 82.6 Å². The Morgan fingerprint density at radius 1 is 1.54 bits per heavy atom. The molecular weight excluding hydrogens is 253 g/mol. The van der Waals surface area contributed by atoms with Gasteiger partial charge in [-0.05, 0) is 6.92 Å². The summed E-state index contributed by atoms with van der Waals surface area (Å²) in [6, 6.07) is 0. The van der Waals surface area contributed by atoms with E-state index in [4.69, 9.17) is 0 Å². The molecule has 2 atom stereocenters. The zero-order chi connectivity index (χ0) is 10.6. The van der Waals surface area contributed by atoms with Crippen LogP contribution in [0.2, 0.25) is 0 Å². The van der Waals surface area contributed by atoms with Crippen LogP contribution in [0, 0.1) is 5.92 Å². The van der Waals surface area contributed by atoms with Crippen molar-refractivity contribution in [3.8, 4) is 0 Å². The van der Waals surface area contributed by atoms with Crippen molar-refractivity contribution in [2.24, 2.45) is 5.92 Å². The van der Waals surface area contributed by atoms with Crippen molar-refractivity contribution < 1.29 is 22.7 Å². The van der Waals surface area contributed by atoms with Crippen LogP contribution < -0.4 is 0 Å². The number of ether oxygens (including phenoxy) is 1. The Balaban J connectivity index is 4.25. The van der Waals surface area contributed by atoms with Crippen LogP contribution in [0.3, 0.4) is 0 Å². The van der Waals surface area contributed by atoms with Gasteiger partial charge in [-0.1, -0.05) is 22.9 Å². The first-order valence-electron chi connectivity index (χ1n) is 3.68. The summed E-state index contributed by atoms with van der Waals surface area (Å²) >= 11 is 2.65. The topological polar surface area (TPSA) is 26.3 Å². The second-order valence-corrected chi connectivity index (χ2v) is 3.47. The first-order chi connectivity index (χ1) is 5.80. The van der Waals surface area contributed by atoms with Gasteiger partial charge in [-0.15, -0.1) is 0 Å². The molecule has 1 unspecified atom stereocenters. The lowest BCUT2D eigenvalue weighted by Crippen LogP contribution is -2.34. The van der Waals surface area contributed by atoms with Crippen molar-refractivity contribution in [2.45, 2.75) is 24.9 Å². The predicted octanol–water partition coefficient (Wildman–Crippen LogP) is 2.51. The normalized spacial score (nSPS) is 16.5. The first-order valence-corrected chi connectivity index (χ1v) is 4.59. The Bertz CT molecular complexity index is 181. The summed E-state index contributed by atoms with van der Waals surface area (Å²) in [5.74, 6) is -2.63. The third-order valence-corrected chi connectivity index (χ3v) is 2.63. The number of alkyl halides is 4. The van der Waals surface area contributed by atoms with Crippen molar-refractivity contribution in [1.82, 2.24) is 0 Å². The monoisotopic (exact) mass is 262 g/mol. The number of hydrogen-bond acceptors (Lipinski definition) is 2. The lowest BCUT2D eigenvalue weighted by atomic mass is 10.1. The fourth-order valence-electron chi connectivity index (χ4n) is 0.592. The third kappa shape index (κ3) is 3.97. The molecule has 0 bridgehead atoms. The van der Waals surface area contributed by atoms with E-state index in [1.54, 1.807) is 0 Å². The standard InChI is InChI=1S/C7H10BrF3O2/c1-3-13-6(12)5(8)4(2)7(9,10)11/h4-5H,3H2,1-2H3/t4-,5?/m1/s1. The minimum atomic E-state index is -4.39. The minimum absolute atomic E-state index is 0.0749. The average Bonchev–Trinajstić information content (AvgIpc) is 2.00. The molecule has 0 aliphatic heterocycles. The van der Waals surface area contributed by atoms with E-state index in [0.717, 1.165) is 6.92 Å². The van der Waals surface area contributed by atoms with Gasteiger partial charge in [0, 0.05) is 0 Å². The Hall–Kier alpha value is -0.260. The molecule has 0 spiro atoms. The maximum Gasteiger partial charge on any atom is 0.393 e. The van der Waals surface area contributed by atoms with Gasteiger partial charge in [0.05, 0.1) is 12.5 Å². The molecule has 0 aliphatic rings. The first kappa shape index (κ1) is 12.7. The van der Waals surface area contributed by atoms with Gasteiger partial charge < -0.3 is 4.74 Å². The van der Waals surface area contributed by atoms with Crippen LogP contribution in [0.4, 0.5) is 13.2 Å². The van der Waals surface area contributed by atoms with Gasteiger partial charge >= 0.3 is 12.1 Å². The summed E-state index contributed by atoms with van der Waals surface area (Å²) in [5.41, 5.74) is 0. The molecule has 0 fully saturated rings. The second-order valence-electron chi connectivity index (χ2n) is 2.48. The third-order valence-electron chi connectivity index (χ3n) is 1.47. The number of rotatable bonds is 3. The molecule has 13 heavy (non-hydrogen) atoms. The molecule has 6 heteroatoms. The van der Waals surface area contributed by atoms with Crippen molar-refractivity contribution in [3.63, 3.8) is 0 Å². The van der Waals surface area contributed by atoms with Gasteiger partial charge in [-0.3, -0.25) is 4.79 Å². The van der Waals surface area contributed by atoms with Crippen molar-refractivity contribution in [1.29, 1.82) is 0 Å². The average molecular weight is 263 g/mol. The number of hydrogen-bond donors (Lipinski definition) is 0. The van der Waals surface area contributed by atoms with Crippen LogP contribution in [-0.2, 0) is 9.53 Å². The molecule has 0 heterocycles. The van der Waals surface area contributed by atoms with Gasteiger partial charge in [-0.25, -0.2) is 0 Å². The van der Waals surface area contributed by atoms with Crippen LogP contribution in [0.1, 0.15) is 13.8 Å². The van der Waals surface area contributed by atoms with Gasteiger partial charge in [0.1, 0.15) is 4.83 Å². The highest BCUT2D eigenvalue weighted by molar-refractivity contribution is 9.10. The number of carbonyl (C=O) groups excluding carboxylic acids is 1. The predicted molar refractivity (Wildman–Crippen MR) is 44.6 cm³/mol. The fraction of sp³-hybridized carbons (Fsp3) is 0.857. The largest absolute Gasteiger partial charge is 0.465 e. The Morgan fingerprint density at radius 2 is 2.00 bits per heavy atom. The highest BCUT2D eigenvalue weighted by Gasteiger charge is 2.43. The van der Waals surface area contributed by atoms with Crippen LogP contribution in [0.5, 0.6) is 0 Å². The molecule has 0 saturated carbocycles. The molecule has 0 rings (SSSR count). The van der Waals surface area contributed by atoms with Gasteiger partial charge in [0.2, 0.25) is 0 Å². The smallest absolute Gasteiger partial charge is 0.393 e. The van der Waals surface area contributed by atoms with Crippen LogP contribution >= 0.6 is 15.9 Å². The summed E-state index contributed by atoms with van der Waals surface area (Å²) in [6.07, 6.45) is -4.39. The summed E-state index contributed by atoms with van der Waals surface area (Å²) in [5, 5.41) is 0. The van der Waals surface area contributed by atoms with E-state index in [0.29, 0.717) is 0 Å².